The van der Waals surface area contributed by atoms with E-state index in [-0.39, 0.29) is 39.2 Å². The number of carbonyl (C=O) groups is 2. The van der Waals surface area contributed by atoms with Crippen LogP contribution in [0.15, 0.2) is 78.0 Å². The summed E-state index contributed by atoms with van der Waals surface area (Å²) in [6.45, 7) is -1.95. The van der Waals surface area contributed by atoms with Gasteiger partial charge in [-0.2, -0.15) is 31.3 Å². The summed E-state index contributed by atoms with van der Waals surface area (Å²) < 4.78 is 97.0. The van der Waals surface area contributed by atoms with Crippen LogP contribution in [0.2, 0.25) is 0 Å². The van der Waals surface area contributed by atoms with Crippen molar-refractivity contribution in [3.05, 3.63) is 90.0 Å². The van der Waals surface area contributed by atoms with Gasteiger partial charge in [-0.15, -0.1) is 5.10 Å². The first-order valence-corrected chi connectivity index (χ1v) is 13.7. The molecule has 0 spiro atoms. The van der Waals surface area contributed by atoms with E-state index in [9.17, 15) is 40.3 Å². The molecule has 3 amide bonds. The van der Waals surface area contributed by atoms with Crippen molar-refractivity contribution in [3.8, 4) is 17.1 Å². The first-order chi connectivity index (χ1) is 21.3. The lowest BCUT2D eigenvalue weighted by Crippen LogP contribution is -2.31. The van der Waals surface area contributed by atoms with Crippen LogP contribution in [0.25, 0.3) is 17.1 Å². The van der Waals surface area contributed by atoms with E-state index in [0.29, 0.717) is 5.69 Å². The third-order valence-electron chi connectivity index (χ3n) is 6.14. The van der Waals surface area contributed by atoms with E-state index in [1.54, 1.807) is 12.1 Å². The smallest absolute Gasteiger partial charge is 0.367 e. The molecule has 4 aromatic rings. The number of halogens is 7. The van der Waals surface area contributed by atoms with E-state index < -0.39 is 48.9 Å². The molecule has 5 rings (SSSR count). The number of rotatable bonds is 7. The van der Waals surface area contributed by atoms with Crippen molar-refractivity contribution in [2.45, 2.75) is 19.0 Å². The lowest BCUT2D eigenvalue weighted by Gasteiger charge is -2.20. The molecule has 0 unspecified atom stereocenters. The summed E-state index contributed by atoms with van der Waals surface area (Å²) >= 11 is 0.912. The maximum Gasteiger partial charge on any atom is 0.416 e. The molecular formula is C28H19F7N6O3S. The number of aliphatic imine (C=N–C) groups is 1. The molecule has 17 heteroatoms. The Balaban J connectivity index is 1.29. The van der Waals surface area contributed by atoms with Gasteiger partial charge >= 0.3 is 18.4 Å². The van der Waals surface area contributed by atoms with Gasteiger partial charge in [-0.05, 0) is 48.5 Å². The standard InChI is InChI=1S/C28H19F7N6O3S/c29-20-11-16(24-36-15-40(39-24)19-8-6-18(7-9-19)28(33,34)35)5-10-21(20)37-25(43)38-26-41(23(42)13-45-26)22-4-2-1-3-17(22)12-44-14-27(30,31)32/h1-11,15H,12-14H2,(H,37,43)/b38-26-. The number of para-hydroxylation sites is 1. The van der Waals surface area contributed by atoms with Gasteiger partial charge in [-0.1, -0.05) is 30.0 Å². The number of carbonyl (C=O) groups excluding carboxylic acids is 2. The Morgan fingerprint density at radius 1 is 1.02 bits per heavy atom. The van der Waals surface area contributed by atoms with Crippen LogP contribution in [0, 0.1) is 5.82 Å². The molecule has 45 heavy (non-hydrogen) atoms. The number of urea groups is 1. The lowest BCUT2D eigenvalue weighted by atomic mass is 10.1. The number of aromatic nitrogens is 3. The van der Waals surface area contributed by atoms with E-state index in [4.69, 9.17) is 4.74 Å². The number of hydrogen-bond acceptors (Lipinski definition) is 6. The van der Waals surface area contributed by atoms with E-state index in [1.165, 1.54) is 47.4 Å². The lowest BCUT2D eigenvalue weighted by molar-refractivity contribution is -0.176. The highest BCUT2D eigenvalue weighted by atomic mass is 32.2. The van der Waals surface area contributed by atoms with E-state index in [2.05, 4.69) is 20.4 Å². The fraction of sp³-hybridized carbons (Fsp3) is 0.179. The molecule has 0 aliphatic carbocycles. The molecular weight excluding hydrogens is 633 g/mol. The minimum absolute atomic E-state index is 0.0568. The molecule has 1 aliphatic rings. The molecule has 1 aromatic heterocycles. The third-order valence-corrected chi connectivity index (χ3v) is 7.06. The van der Waals surface area contributed by atoms with E-state index in [0.717, 1.165) is 34.9 Å². The van der Waals surface area contributed by atoms with Crippen molar-refractivity contribution < 1.29 is 45.1 Å². The highest BCUT2D eigenvalue weighted by molar-refractivity contribution is 8.15. The number of alkyl halides is 6. The summed E-state index contributed by atoms with van der Waals surface area (Å²) in [7, 11) is 0. The Bertz CT molecular complexity index is 1760. The molecule has 3 aromatic carbocycles. The molecule has 1 N–H and O–H groups in total. The minimum Gasteiger partial charge on any atom is -0.367 e. The number of amidine groups is 1. The van der Waals surface area contributed by atoms with Crippen LogP contribution in [0.1, 0.15) is 11.1 Å². The fourth-order valence-corrected chi connectivity index (χ4v) is 4.98. The van der Waals surface area contributed by atoms with Crippen molar-refractivity contribution in [2.75, 3.05) is 22.6 Å². The highest BCUT2D eigenvalue weighted by Crippen LogP contribution is 2.32. The van der Waals surface area contributed by atoms with Gasteiger partial charge in [0, 0.05) is 11.1 Å². The predicted molar refractivity (Wildman–Crippen MR) is 150 cm³/mol. The number of nitrogens with zero attached hydrogens (tertiary/aromatic N) is 5. The van der Waals surface area contributed by atoms with Crippen molar-refractivity contribution in [2.24, 2.45) is 4.99 Å². The fourth-order valence-electron chi connectivity index (χ4n) is 4.12. The highest BCUT2D eigenvalue weighted by Gasteiger charge is 2.33. The van der Waals surface area contributed by atoms with Crippen LogP contribution in [0.4, 0.5) is 46.9 Å². The topological polar surface area (TPSA) is 102 Å². The number of amides is 3. The number of hydrogen-bond donors (Lipinski definition) is 1. The molecule has 1 saturated heterocycles. The van der Waals surface area contributed by atoms with Crippen LogP contribution < -0.4 is 10.2 Å². The van der Waals surface area contributed by atoms with Crippen molar-refractivity contribution in [3.63, 3.8) is 0 Å². The maximum atomic E-state index is 15.0. The summed E-state index contributed by atoms with van der Waals surface area (Å²) in [4.78, 5) is 34.4. The van der Waals surface area contributed by atoms with Crippen LogP contribution in [0.5, 0.6) is 0 Å². The number of ether oxygens (including phenoxy) is 1. The average Bonchev–Trinajstić information content (AvgIpc) is 3.61. The molecule has 1 aliphatic heterocycles. The maximum absolute atomic E-state index is 15.0. The van der Waals surface area contributed by atoms with Crippen LogP contribution in [-0.2, 0) is 22.3 Å². The first-order valence-electron chi connectivity index (χ1n) is 12.8. The van der Waals surface area contributed by atoms with Gasteiger partial charge in [-0.3, -0.25) is 9.69 Å². The van der Waals surface area contributed by atoms with Gasteiger partial charge in [0.25, 0.3) is 0 Å². The number of thioether (sulfide) groups is 1. The summed E-state index contributed by atoms with van der Waals surface area (Å²) in [6, 6.07) is 12.9. The van der Waals surface area contributed by atoms with Gasteiger partial charge < -0.3 is 10.1 Å². The summed E-state index contributed by atoms with van der Waals surface area (Å²) in [5.41, 5.74) is -0.172. The van der Waals surface area contributed by atoms with E-state index in [1.807, 2.05) is 0 Å². The SMILES string of the molecule is O=C(/N=C1\SCC(=O)N1c1ccccc1COCC(F)(F)F)Nc1ccc(-c2ncn(-c3ccc(C(F)(F)F)cc3)n2)cc1F. The minimum atomic E-state index is -4.54. The van der Waals surface area contributed by atoms with E-state index >= 15 is 0 Å². The van der Waals surface area contributed by atoms with Crippen LogP contribution in [0.3, 0.4) is 0 Å². The van der Waals surface area contributed by atoms with Gasteiger partial charge in [0.15, 0.2) is 11.0 Å². The molecule has 0 atom stereocenters. The monoisotopic (exact) mass is 652 g/mol. The Hall–Kier alpha value is -4.77. The van der Waals surface area contributed by atoms with Gasteiger partial charge in [0.2, 0.25) is 5.91 Å². The predicted octanol–water partition coefficient (Wildman–Crippen LogP) is 6.84. The zero-order valence-electron chi connectivity index (χ0n) is 22.6. The zero-order valence-corrected chi connectivity index (χ0v) is 23.4. The summed E-state index contributed by atoms with van der Waals surface area (Å²) in [6.07, 6.45) is -7.79. The molecule has 1 fully saturated rings. The molecule has 0 bridgehead atoms. The van der Waals surface area contributed by atoms with Gasteiger partial charge in [0.1, 0.15) is 18.8 Å². The first kappa shape index (κ1) is 31.6. The molecule has 0 saturated carbocycles. The molecule has 2 heterocycles. The quantitative estimate of drug-likeness (QED) is 0.220. The Morgan fingerprint density at radius 2 is 1.76 bits per heavy atom. The normalized spacial score (nSPS) is 14.8. The second kappa shape index (κ2) is 12.7. The zero-order chi connectivity index (χ0) is 32.4. The second-order valence-electron chi connectivity index (χ2n) is 9.33. The molecule has 234 valence electrons. The number of benzene rings is 3. The summed E-state index contributed by atoms with van der Waals surface area (Å²) in [5.74, 6) is -1.40. The van der Waals surface area contributed by atoms with Gasteiger partial charge in [0.05, 0.1) is 35.0 Å². The number of anilines is 2. The molecule has 0 radical (unpaired) electrons. The third kappa shape index (κ3) is 7.66. The average molecular weight is 653 g/mol. The summed E-state index contributed by atoms with van der Waals surface area (Å²) in [5, 5.41) is 6.37. The molecule has 9 nitrogen and oxygen atoms in total. The van der Waals surface area contributed by atoms with Gasteiger partial charge in [-0.25, -0.2) is 18.9 Å². The van der Waals surface area contributed by atoms with Crippen molar-refractivity contribution in [1.29, 1.82) is 0 Å². The van der Waals surface area contributed by atoms with Crippen molar-refractivity contribution >= 4 is 40.2 Å². The van der Waals surface area contributed by atoms with Crippen LogP contribution >= 0.6 is 11.8 Å². The largest absolute Gasteiger partial charge is 0.416 e. The second-order valence-corrected chi connectivity index (χ2v) is 10.3. The Morgan fingerprint density at radius 3 is 2.44 bits per heavy atom. The van der Waals surface area contributed by atoms with Crippen LogP contribution in [-0.4, -0.2) is 50.4 Å². The Kier molecular flexibility index (Phi) is 8.92. The van der Waals surface area contributed by atoms with Crippen molar-refractivity contribution in [1.82, 2.24) is 14.8 Å². The Labute approximate surface area is 253 Å². The number of nitrogens with one attached hydrogen (secondary N) is 1.